The lowest BCUT2D eigenvalue weighted by molar-refractivity contribution is -0.138. The topological polar surface area (TPSA) is 92.4 Å². The molecule has 7 nitrogen and oxygen atoms in total. The highest BCUT2D eigenvalue weighted by molar-refractivity contribution is 5.98. The molecule has 8 heteroatoms. The van der Waals surface area contributed by atoms with Gasteiger partial charge in [0.2, 0.25) is 5.91 Å². The van der Waals surface area contributed by atoms with Crippen LogP contribution in [0.4, 0.5) is 10.2 Å². The summed E-state index contributed by atoms with van der Waals surface area (Å²) in [5, 5.41) is 0. The summed E-state index contributed by atoms with van der Waals surface area (Å²) in [5.74, 6) is -0.256. The number of carbonyl (C=O) groups excluding carboxylic acids is 2. The molecule has 2 aliphatic heterocycles. The fraction of sp³-hybridized carbons (Fsp3) is 0.478. The fourth-order valence-electron chi connectivity index (χ4n) is 4.60. The van der Waals surface area contributed by atoms with Crippen molar-refractivity contribution in [1.29, 1.82) is 0 Å². The molecule has 0 radical (unpaired) electrons. The Morgan fingerprint density at radius 1 is 1.03 bits per heavy atom. The van der Waals surface area contributed by atoms with E-state index in [1.54, 1.807) is 6.20 Å². The Bertz CT molecular complexity index is 937. The van der Waals surface area contributed by atoms with Crippen LogP contribution in [0.15, 0.2) is 36.8 Å². The molecule has 2 aliphatic rings. The quantitative estimate of drug-likeness (QED) is 0.740. The van der Waals surface area contributed by atoms with Crippen LogP contribution >= 0.6 is 0 Å². The lowest BCUT2D eigenvalue weighted by Gasteiger charge is -2.37. The third-order valence-corrected chi connectivity index (χ3v) is 6.40. The van der Waals surface area contributed by atoms with Crippen LogP contribution in [0.1, 0.15) is 41.6 Å². The molecule has 0 saturated carbocycles. The molecule has 0 aliphatic carbocycles. The zero-order valence-electron chi connectivity index (χ0n) is 17.5. The second kappa shape index (κ2) is 9.51. The number of ketones is 1. The standard InChI is InChI=1S/C23H28FN5O2/c24-20-14-26-7-2-19(20)22(30)17-5-11-29(12-6-17)23(31)18-3-9-28(10-4-18)15-16-1-8-27-21(25)13-16/h1-2,7-8,13-14,17-18H,3-6,9-12,15H2,(H2,25,27). The molecule has 0 unspecified atom stereocenters. The van der Waals surface area contributed by atoms with E-state index in [2.05, 4.69) is 14.9 Å². The maximum absolute atomic E-state index is 13.9. The summed E-state index contributed by atoms with van der Waals surface area (Å²) in [6.07, 6.45) is 7.05. The van der Waals surface area contributed by atoms with Gasteiger partial charge in [0.25, 0.3) is 0 Å². The summed E-state index contributed by atoms with van der Waals surface area (Å²) < 4.78 is 13.9. The molecule has 4 heterocycles. The largest absolute Gasteiger partial charge is 0.384 e. The highest BCUT2D eigenvalue weighted by Crippen LogP contribution is 2.27. The maximum atomic E-state index is 13.9. The first-order valence-corrected chi connectivity index (χ1v) is 10.9. The molecule has 4 rings (SSSR count). The average Bonchev–Trinajstić information content (AvgIpc) is 2.79. The summed E-state index contributed by atoms with van der Waals surface area (Å²) in [6.45, 7) is 3.66. The predicted octanol–water partition coefficient (Wildman–Crippen LogP) is 2.53. The van der Waals surface area contributed by atoms with Gasteiger partial charge in [0.1, 0.15) is 5.82 Å². The number of Topliss-reactive ketones (excluding diaryl/α,β-unsaturated/α-hetero) is 1. The van der Waals surface area contributed by atoms with Crippen molar-refractivity contribution in [3.63, 3.8) is 0 Å². The average molecular weight is 426 g/mol. The van der Waals surface area contributed by atoms with Crippen LogP contribution in [-0.4, -0.2) is 57.6 Å². The van der Waals surface area contributed by atoms with Crippen molar-refractivity contribution in [1.82, 2.24) is 19.8 Å². The van der Waals surface area contributed by atoms with E-state index in [9.17, 15) is 14.0 Å². The number of nitrogen functional groups attached to an aromatic ring is 1. The molecule has 2 N–H and O–H groups in total. The summed E-state index contributed by atoms with van der Waals surface area (Å²) >= 11 is 0. The Balaban J connectivity index is 1.25. The maximum Gasteiger partial charge on any atom is 0.225 e. The number of piperidine rings is 2. The minimum absolute atomic E-state index is 0.0312. The number of pyridine rings is 2. The molecular formula is C23H28FN5O2. The van der Waals surface area contributed by atoms with Gasteiger partial charge in [0, 0.05) is 43.9 Å². The van der Waals surface area contributed by atoms with Gasteiger partial charge in [-0.2, -0.15) is 0 Å². The van der Waals surface area contributed by atoms with Crippen LogP contribution in [0.3, 0.4) is 0 Å². The molecule has 2 fully saturated rings. The van der Waals surface area contributed by atoms with E-state index < -0.39 is 5.82 Å². The fourth-order valence-corrected chi connectivity index (χ4v) is 4.60. The van der Waals surface area contributed by atoms with Crippen LogP contribution in [0.25, 0.3) is 0 Å². The van der Waals surface area contributed by atoms with Gasteiger partial charge in [0.05, 0.1) is 11.8 Å². The summed E-state index contributed by atoms with van der Waals surface area (Å²) in [5.41, 5.74) is 6.99. The minimum Gasteiger partial charge on any atom is -0.384 e. The van der Waals surface area contributed by atoms with Crippen molar-refractivity contribution in [2.24, 2.45) is 11.8 Å². The number of halogens is 1. The molecule has 0 bridgehead atoms. The Kier molecular flexibility index (Phi) is 6.56. The normalized spacial score (nSPS) is 18.8. The number of rotatable bonds is 5. The SMILES string of the molecule is Nc1cc(CN2CCC(C(=O)N3CCC(C(=O)c4ccncc4F)CC3)CC2)ccn1. The Morgan fingerprint density at radius 2 is 1.74 bits per heavy atom. The van der Waals surface area contributed by atoms with E-state index in [0.29, 0.717) is 31.7 Å². The lowest BCUT2D eigenvalue weighted by atomic mass is 9.87. The molecule has 0 aromatic carbocycles. The van der Waals surface area contributed by atoms with Crippen molar-refractivity contribution in [2.75, 3.05) is 31.9 Å². The first kappa shape index (κ1) is 21.4. The number of carbonyl (C=O) groups is 2. The van der Waals surface area contributed by atoms with Crippen molar-refractivity contribution in [3.8, 4) is 0 Å². The zero-order chi connectivity index (χ0) is 21.8. The van der Waals surface area contributed by atoms with E-state index in [0.717, 1.165) is 44.2 Å². The van der Waals surface area contributed by atoms with Crippen LogP contribution < -0.4 is 5.73 Å². The van der Waals surface area contributed by atoms with Gasteiger partial charge < -0.3 is 10.6 Å². The van der Waals surface area contributed by atoms with Crippen molar-refractivity contribution >= 4 is 17.5 Å². The Labute approximate surface area is 181 Å². The molecule has 0 atom stereocenters. The molecular weight excluding hydrogens is 397 g/mol. The highest BCUT2D eigenvalue weighted by atomic mass is 19.1. The highest BCUT2D eigenvalue weighted by Gasteiger charge is 2.33. The van der Waals surface area contributed by atoms with Gasteiger partial charge in [0.15, 0.2) is 11.6 Å². The van der Waals surface area contributed by atoms with Gasteiger partial charge in [-0.1, -0.05) is 0 Å². The second-order valence-electron chi connectivity index (χ2n) is 8.46. The summed E-state index contributed by atoms with van der Waals surface area (Å²) in [6, 6.07) is 5.29. The number of anilines is 1. The first-order chi connectivity index (χ1) is 15.0. The van der Waals surface area contributed by atoms with Crippen LogP contribution in [0.2, 0.25) is 0 Å². The number of hydrogen-bond acceptors (Lipinski definition) is 6. The number of aromatic nitrogens is 2. The van der Waals surface area contributed by atoms with Crippen molar-refractivity contribution in [2.45, 2.75) is 32.2 Å². The predicted molar refractivity (Wildman–Crippen MR) is 114 cm³/mol. The first-order valence-electron chi connectivity index (χ1n) is 10.9. The van der Waals surface area contributed by atoms with Gasteiger partial charge >= 0.3 is 0 Å². The molecule has 164 valence electrons. The van der Waals surface area contributed by atoms with Gasteiger partial charge in [-0.15, -0.1) is 0 Å². The van der Waals surface area contributed by atoms with E-state index >= 15 is 0 Å². The van der Waals surface area contributed by atoms with Crippen LogP contribution in [-0.2, 0) is 11.3 Å². The van der Waals surface area contributed by atoms with Gasteiger partial charge in [-0.25, -0.2) is 9.37 Å². The number of amides is 1. The molecule has 2 aromatic rings. The summed E-state index contributed by atoms with van der Waals surface area (Å²) in [4.78, 5) is 37.6. The van der Waals surface area contributed by atoms with Crippen LogP contribution in [0.5, 0.6) is 0 Å². The lowest BCUT2D eigenvalue weighted by Crippen LogP contribution is -2.46. The molecule has 2 saturated heterocycles. The summed E-state index contributed by atoms with van der Waals surface area (Å²) in [7, 11) is 0. The molecule has 1 amide bonds. The van der Waals surface area contributed by atoms with E-state index in [-0.39, 0.29) is 29.1 Å². The Hall–Kier alpha value is -2.87. The van der Waals surface area contributed by atoms with E-state index in [4.69, 9.17) is 5.73 Å². The van der Waals surface area contributed by atoms with Gasteiger partial charge in [-0.05, 0) is 62.5 Å². The van der Waals surface area contributed by atoms with E-state index in [1.807, 2.05) is 17.0 Å². The van der Waals surface area contributed by atoms with Crippen molar-refractivity contribution in [3.05, 3.63) is 53.7 Å². The van der Waals surface area contributed by atoms with E-state index in [1.165, 1.54) is 12.3 Å². The van der Waals surface area contributed by atoms with Crippen molar-refractivity contribution < 1.29 is 14.0 Å². The third-order valence-electron chi connectivity index (χ3n) is 6.40. The number of nitrogens with zero attached hydrogens (tertiary/aromatic N) is 4. The second-order valence-corrected chi connectivity index (χ2v) is 8.46. The minimum atomic E-state index is -0.577. The number of hydrogen-bond donors (Lipinski definition) is 1. The monoisotopic (exact) mass is 425 g/mol. The molecule has 0 spiro atoms. The van der Waals surface area contributed by atoms with Gasteiger partial charge in [-0.3, -0.25) is 19.5 Å². The Morgan fingerprint density at radius 3 is 2.42 bits per heavy atom. The smallest absolute Gasteiger partial charge is 0.225 e. The molecule has 31 heavy (non-hydrogen) atoms. The number of nitrogens with two attached hydrogens (primary N) is 1. The zero-order valence-corrected chi connectivity index (χ0v) is 17.5. The number of likely N-dealkylation sites (tertiary alicyclic amines) is 2. The third kappa shape index (κ3) is 5.07. The van der Waals surface area contributed by atoms with Crippen LogP contribution in [0, 0.1) is 17.7 Å². The molecule has 2 aromatic heterocycles.